The first-order valence-corrected chi connectivity index (χ1v) is 8.91. The number of amides is 1. The van der Waals surface area contributed by atoms with Crippen LogP contribution < -0.4 is 0 Å². The van der Waals surface area contributed by atoms with Crippen LogP contribution in [0.15, 0.2) is 35.7 Å². The van der Waals surface area contributed by atoms with E-state index < -0.39 is 0 Å². The number of aromatic nitrogens is 1. The van der Waals surface area contributed by atoms with Crippen molar-refractivity contribution >= 4 is 23.4 Å². The molecule has 5 nitrogen and oxygen atoms in total. The zero-order valence-corrected chi connectivity index (χ0v) is 14.4. The number of likely N-dealkylation sites (tertiary alicyclic amines) is 1. The van der Waals surface area contributed by atoms with Gasteiger partial charge in [0.25, 0.3) is 5.91 Å². The molecule has 0 spiro atoms. The van der Waals surface area contributed by atoms with Gasteiger partial charge in [-0.15, -0.1) is 0 Å². The van der Waals surface area contributed by atoms with Crippen LogP contribution in [-0.4, -0.2) is 40.8 Å². The molecule has 2 aromatic rings. The smallest absolute Gasteiger partial charge is 0.340 e. The highest BCUT2D eigenvalue weighted by Crippen LogP contribution is 2.20. The van der Waals surface area contributed by atoms with Gasteiger partial charge >= 0.3 is 5.97 Å². The van der Waals surface area contributed by atoms with Gasteiger partial charge in [-0.25, -0.2) is 4.79 Å². The fourth-order valence-corrected chi connectivity index (χ4v) is 3.59. The highest BCUT2D eigenvalue weighted by atomic mass is 32.1. The molecule has 0 unspecified atom stereocenters. The predicted molar refractivity (Wildman–Crippen MR) is 92.2 cm³/mol. The topological polar surface area (TPSA) is 59.5 Å². The molecular formula is C18H20N2O3S. The number of carbonyl (C=O) groups excluding carboxylic acids is 2. The van der Waals surface area contributed by atoms with Crippen LogP contribution >= 0.6 is 11.5 Å². The third-order valence-electron chi connectivity index (χ3n) is 4.25. The third-order valence-corrected chi connectivity index (χ3v) is 4.97. The Hall–Kier alpha value is -2.21. The molecule has 1 aromatic heterocycles. The average molecular weight is 344 g/mol. The number of rotatable bonds is 4. The van der Waals surface area contributed by atoms with Gasteiger partial charge in [-0.1, -0.05) is 18.2 Å². The molecule has 2 heterocycles. The van der Waals surface area contributed by atoms with E-state index in [-0.39, 0.29) is 17.8 Å². The SMILES string of the molecule is Cc1nscc1C(=O)OC[C@@H]1CCCN(C(=O)c2ccccc2)C1. The maximum atomic E-state index is 12.5. The lowest BCUT2D eigenvalue weighted by Crippen LogP contribution is -2.41. The van der Waals surface area contributed by atoms with Gasteiger partial charge in [0.05, 0.1) is 17.9 Å². The van der Waals surface area contributed by atoms with Crippen molar-refractivity contribution in [3.05, 3.63) is 52.5 Å². The van der Waals surface area contributed by atoms with Crippen LogP contribution in [0.25, 0.3) is 0 Å². The van der Waals surface area contributed by atoms with E-state index in [1.54, 1.807) is 12.3 Å². The van der Waals surface area contributed by atoms with Gasteiger partial charge in [0, 0.05) is 30.0 Å². The van der Waals surface area contributed by atoms with Crippen LogP contribution in [-0.2, 0) is 4.74 Å². The Labute approximate surface area is 145 Å². The van der Waals surface area contributed by atoms with Crippen LogP contribution in [0.1, 0.15) is 39.3 Å². The second-order valence-electron chi connectivity index (χ2n) is 6.04. The molecule has 1 aromatic carbocycles. The van der Waals surface area contributed by atoms with Gasteiger partial charge in [0.1, 0.15) is 0 Å². The second kappa shape index (κ2) is 7.57. The number of esters is 1. The number of ether oxygens (including phenoxy) is 1. The molecule has 1 amide bonds. The molecule has 1 saturated heterocycles. The molecule has 1 aliphatic rings. The molecule has 1 fully saturated rings. The van der Waals surface area contributed by atoms with Crippen molar-refractivity contribution in [1.82, 2.24) is 9.27 Å². The van der Waals surface area contributed by atoms with Crippen LogP contribution in [0.2, 0.25) is 0 Å². The molecule has 0 bridgehead atoms. The van der Waals surface area contributed by atoms with Crippen molar-refractivity contribution in [1.29, 1.82) is 0 Å². The summed E-state index contributed by atoms with van der Waals surface area (Å²) < 4.78 is 9.52. The van der Waals surface area contributed by atoms with Crippen molar-refractivity contribution in [2.24, 2.45) is 5.92 Å². The monoisotopic (exact) mass is 344 g/mol. The van der Waals surface area contributed by atoms with E-state index in [1.807, 2.05) is 35.2 Å². The Kier molecular flexibility index (Phi) is 5.25. The van der Waals surface area contributed by atoms with E-state index in [2.05, 4.69) is 4.37 Å². The van der Waals surface area contributed by atoms with E-state index in [4.69, 9.17) is 4.74 Å². The highest BCUT2D eigenvalue weighted by Gasteiger charge is 2.25. The molecule has 0 radical (unpaired) electrons. The first-order chi connectivity index (χ1) is 11.6. The molecule has 24 heavy (non-hydrogen) atoms. The minimum Gasteiger partial charge on any atom is -0.462 e. The van der Waals surface area contributed by atoms with Gasteiger partial charge < -0.3 is 9.64 Å². The number of carbonyl (C=O) groups is 2. The minimum absolute atomic E-state index is 0.0458. The average Bonchev–Trinajstić information content (AvgIpc) is 3.06. The first-order valence-electron chi connectivity index (χ1n) is 8.07. The van der Waals surface area contributed by atoms with E-state index >= 15 is 0 Å². The summed E-state index contributed by atoms with van der Waals surface area (Å²) in [6, 6.07) is 9.30. The van der Waals surface area contributed by atoms with Gasteiger partial charge in [0.2, 0.25) is 0 Å². The minimum atomic E-state index is -0.326. The Balaban J connectivity index is 1.55. The molecule has 0 saturated carbocycles. The van der Waals surface area contributed by atoms with Crippen molar-refractivity contribution in [3.8, 4) is 0 Å². The zero-order chi connectivity index (χ0) is 16.9. The second-order valence-corrected chi connectivity index (χ2v) is 6.67. The van der Waals surface area contributed by atoms with Gasteiger partial charge in [0.15, 0.2) is 0 Å². The molecule has 126 valence electrons. The standard InChI is InChI=1S/C18H20N2O3S/c1-13-16(12-24-19-13)18(22)23-11-14-6-5-9-20(10-14)17(21)15-7-3-2-4-8-15/h2-4,7-8,12,14H,5-6,9-11H2,1H3/t14-/m1/s1. The van der Waals surface area contributed by atoms with E-state index in [1.165, 1.54) is 11.5 Å². The zero-order valence-electron chi connectivity index (χ0n) is 13.6. The molecule has 6 heteroatoms. The summed E-state index contributed by atoms with van der Waals surface area (Å²) in [5.41, 5.74) is 1.94. The van der Waals surface area contributed by atoms with Gasteiger partial charge in [-0.2, -0.15) is 4.37 Å². The summed E-state index contributed by atoms with van der Waals surface area (Å²) in [6.07, 6.45) is 1.90. The van der Waals surface area contributed by atoms with Crippen LogP contribution in [0.4, 0.5) is 0 Å². The van der Waals surface area contributed by atoms with Crippen LogP contribution in [0, 0.1) is 12.8 Å². The Bertz CT molecular complexity index is 714. The Morgan fingerprint density at radius 2 is 2.12 bits per heavy atom. The number of hydrogen-bond donors (Lipinski definition) is 0. The fourth-order valence-electron chi connectivity index (χ4n) is 2.91. The Morgan fingerprint density at radius 3 is 2.83 bits per heavy atom. The summed E-state index contributed by atoms with van der Waals surface area (Å²) >= 11 is 1.25. The summed E-state index contributed by atoms with van der Waals surface area (Å²) in [7, 11) is 0. The van der Waals surface area contributed by atoms with Crippen molar-refractivity contribution in [2.75, 3.05) is 19.7 Å². The van der Waals surface area contributed by atoms with Crippen LogP contribution in [0.5, 0.6) is 0 Å². The number of nitrogens with zero attached hydrogens (tertiary/aromatic N) is 2. The van der Waals surface area contributed by atoms with Gasteiger partial charge in [-0.05, 0) is 43.4 Å². The maximum Gasteiger partial charge on any atom is 0.340 e. The number of aryl methyl sites for hydroxylation is 1. The number of benzene rings is 1. The molecule has 1 aliphatic heterocycles. The lowest BCUT2D eigenvalue weighted by molar-refractivity contribution is 0.0342. The lowest BCUT2D eigenvalue weighted by Gasteiger charge is -2.32. The van der Waals surface area contributed by atoms with Crippen molar-refractivity contribution in [3.63, 3.8) is 0 Å². The van der Waals surface area contributed by atoms with E-state index in [9.17, 15) is 9.59 Å². The highest BCUT2D eigenvalue weighted by molar-refractivity contribution is 7.03. The third kappa shape index (κ3) is 3.82. The van der Waals surface area contributed by atoms with Gasteiger partial charge in [-0.3, -0.25) is 4.79 Å². The molecular weight excluding hydrogens is 324 g/mol. The summed E-state index contributed by atoms with van der Waals surface area (Å²) in [5.74, 6) is -0.0977. The quantitative estimate of drug-likeness (QED) is 0.800. The van der Waals surface area contributed by atoms with Crippen molar-refractivity contribution in [2.45, 2.75) is 19.8 Å². The maximum absolute atomic E-state index is 12.5. The summed E-state index contributed by atoms with van der Waals surface area (Å²) in [6.45, 7) is 3.52. The molecule has 0 N–H and O–H groups in total. The molecule has 1 atom stereocenters. The van der Waals surface area contributed by atoms with Crippen molar-refractivity contribution < 1.29 is 14.3 Å². The number of hydrogen-bond acceptors (Lipinski definition) is 5. The fraction of sp³-hybridized carbons (Fsp3) is 0.389. The summed E-state index contributed by atoms with van der Waals surface area (Å²) in [5, 5.41) is 1.71. The van der Waals surface area contributed by atoms with Crippen LogP contribution in [0.3, 0.4) is 0 Å². The molecule has 3 rings (SSSR count). The largest absolute Gasteiger partial charge is 0.462 e. The van der Waals surface area contributed by atoms with E-state index in [0.717, 1.165) is 19.4 Å². The predicted octanol–water partition coefficient (Wildman–Crippen LogP) is 3.16. The normalized spacial score (nSPS) is 17.5. The Morgan fingerprint density at radius 1 is 1.33 bits per heavy atom. The number of piperidine rings is 1. The summed E-state index contributed by atoms with van der Waals surface area (Å²) in [4.78, 5) is 26.5. The first kappa shape index (κ1) is 16.6. The van der Waals surface area contributed by atoms with E-state index in [0.29, 0.717) is 30.0 Å². The lowest BCUT2D eigenvalue weighted by atomic mass is 9.98. The molecule has 0 aliphatic carbocycles.